The summed E-state index contributed by atoms with van der Waals surface area (Å²) in [5, 5.41) is 0. The number of benzene rings is 1. The van der Waals surface area contributed by atoms with Crippen molar-refractivity contribution in [1.82, 2.24) is 0 Å². The van der Waals surface area contributed by atoms with Gasteiger partial charge in [-0.1, -0.05) is 33.0 Å². The zero-order valence-corrected chi connectivity index (χ0v) is 14.9. The van der Waals surface area contributed by atoms with Crippen molar-refractivity contribution in [1.29, 1.82) is 0 Å². The van der Waals surface area contributed by atoms with Crippen LogP contribution in [0.4, 0.5) is 0 Å². The largest absolute Gasteiger partial charge is 0.494 e. The predicted octanol–water partition coefficient (Wildman–Crippen LogP) is 4.77. The van der Waals surface area contributed by atoms with Gasteiger partial charge in [0.1, 0.15) is 11.5 Å². The highest BCUT2D eigenvalue weighted by Crippen LogP contribution is 2.30. The molecular formula is C16H23ClO3Si. The van der Waals surface area contributed by atoms with Gasteiger partial charge in [0.2, 0.25) is 0 Å². The van der Waals surface area contributed by atoms with E-state index in [1.165, 1.54) is 0 Å². The number of carbonyl (C=O) groups excluding carboxylic acids is 1. The van der Waals surface area contributed by atoms with Crippen molar-refractivity contribution in [2.45, 2.75) is 38.9 Å². The molecule has 0 aromatic heterocycles. The van der Waals surface area contributed by atoms with Gasteiger partial charge in [0, 0.05) is 11.1 Å². The Hall–Kier alpha value is -1.26. The molecule has 3 nitrogen and oxygen atoms in total. The molecule has 1 unspecified atom stereocenters. The average Bonchev–Trinajstić information content (AvgIpc) is 2.39. The van der Waals surface area contributed by atoms with Crippen molar-refractivity contribution in [3.63, 3.8) is 0 Å². The second-order valence-corrected chi connectivity index (χ2v) is 12.5. The zero-order chi connectivity index (χ0) is 16.0. The van der Waals surface area contributed by atoms with Crippen LogP contribution in [0.2, 0.25) is 18.6 Å². The summed E-state index contributed by atoms with van der Waals surface area (Å²) in [6.07, 6.45) is 1.01. The molecule has 0 bridgehead atoms. The highest BCUT2D eigenvalue weighted by atomic mass is 35.6. The molecule has 0 amide bonds. The van der Waals surface area contributed by atoms with E-state index in [-0.39, 0.29) is 0 Å². The Kier molecular flexibility index (Phi) is 6.49. The lowest BCUT2D eigenvalue weighted by Gasteiger charge is -2.25. The van der Waals surface area contributed by atoms with Crippen molar-refractivity contribution in [2.75, 3.05) is 6.61 Å². The van der Waals surface area contributed by atoms with E-state index in [0.717, 1.165) is 12.2 Å². The van der Waals surface area contributed by atoms with Crippen LogP contribution >= 0.6 is 11.1 Å². The maximum Gasteiger partial charge on any atom is 0.338 e. The van der Waals surface area contributed by atoms with Gasteiger partial charge in [-0.25, -0.2) is 4.79 Å². The van der Waals surface area contributed by atoms with Crippen molar-refractivity contribution < 1.29 is 14.3 Å². The number of halogens is 1. The third-order valence-corrected chi connectivity index (χ3v) is 6.74. The molecule has 0 heterocycles. The fourth-order valence-electron chi connectivity index (χ4n) is 1.80. The second-order valence-electron chi connectivity index (χ2n) is 5.62. The monoisotopic (exact) mass is 326 g/mol. The average molecular weight is 327 g/mol. The molecule has 0 fully saturated rings. The van der Waals surface area contributed by atoms with Gasteiger partial charge in [-0.2, -0.15) is 11.1 Å². The first-order chi connectivity index (χ1) is 9.74. The molecule has 0 N–H and O–H groups in total. The molecule has 21 heavy (non-hydrogen) atoms. The SMILES string of the molecule is C=C(C)C(=O)Oc1ccc(OCC(CC)[Si](C)(C)Cl)cc1. The molecule has 0 saturated carbocycles. The summed E-state index contributed by atoms with van der Waals surface area (Å²) in [6.45, 7) is 12.2. The van der Waals surface area contributed by atoms with Gasteiger partial charge in [0.05, 0.1) is 6.61 Å². The molecule has 0 saturated heterocycles. The molecular weight excluding hydrogens is 304 g/mol. The van der Waals surface area contributed by atoms with E-state index in [4.69, 9.17) is 20.6 Å². The van der Waals surface area contributed by atoms with Crippen molar-refractivity contribution >= 4 is 24.4 Å². The van der Waals surface area contributed by atoms with Gasteiger partial charge in [0.15, 0.2) is 7.38 Å². The number of hydrogen-bond acceptors (Lipinski definition) is 3. The van der Waals surface area contributed by atoms with Gasteiger partial charge in [-0.15, -0.1) is 0 Å². The van der Waals surface area contributed by atoms with Crippen LogP contribution in [0.3, 0.4) is 0 Å². The van der Waals surface area contributed by atoms with E-state index in [1.54, 1.807) is 31.2 Å². The maximum absolute atomic E-state index is 11.4. The molecule has 0 aliphatic carbocycles. The van der Waals surface area contributed by atoms with E-state index in [9.17, 15) is 4.79 Å². The number of rotatable bonds is 7. The quantitative estimate of drug-likeness (QED) is 0.238. The molecule has 1 atom stereocenters. The van der Waals surface area contributed by atoms with Crippen molar-refractivity contribution in [3.8, 4) is 11.5 Å². The normalized spacial score (nSPS) is 12.6. The fraction of sp³-hybridized carbons (Fsp3) is 0.438. The van der Waals surface area contributed by atoms with Crippen molar-refractivity contribution in [2.24, 2.45) is 0 Å². The number of carbonyl (C=O) groups is 1. The van der Waals surface area contributed by atoms with E-state index in [0.29, 0.717) is 23.5 Å². The Balaban J connectivity index is 2.59. The molecule has 0 spiro atoms. The van der Waals surface area contributed by atoms with Crippen LogP contribution in [-0.2, 0) is 4.79 Å². The van der Waals surface area contributed by atoms with E-state index < -0.39 is 13.4 Å². The van der Waals surface area contributed by atoms with Gasteiger partial charge in [0.25, 0.3) is 0 Å². The van der Waals surface area contributed by atoms with E-state index in [1.807, 2.05) is 0 Å². The lowest BCUT2D eigenvalue weighted by molar-refractivity contribution is -0.130. The minimum atomic E-state index is -1.72. The summed E-state index contributed by atoms with van der Waals surface area (Å²) in [6, 6.07) is 6.99. The van der Waals surface area contributed by atoms with Crippen LogP contribution in [0.1, 0.15) is 20.3 Å². The van der Waals surface area contributed by atoms with Crippen molar-refractivity contribution in [3.05, 3.63) is 36.4 Å². The Labute approximate surface area is 132 Å². The first kappa shape index (κ1) is 17.8. The summed E-state index contributed by atoms with van der Waals surface area (Å²) < 4.78 is 10.9. The molecule has 1 aromatic rings. The summed E-state index contributed by atoms with van der Waals surface area (Å²) in [4.78, 5) is 11.4. The second kappa shape index (κ2) is 7.66. The molecule has 0 radical (unpaired) electrons. The summed E-state index contributed by atoms with van der Waals surface area (Å²) in [5.74, 6) is 0.803. The maximum atomic E-state index is 11.4. The topological polar surface area (TPSA) is 35.5 Å². The minimum Gasteiger partial charge on any atom is -0.494 e. The Morgan fingerprint density at radius 1 is 1.29 bits per heavy atom. The standard InChI is InChI=1S/C16H23ClO3Si/c1-6-15(21(4,5)17)11-19-13-7-9-14(10-8-13)20-16(18)12(2)3/h7-10,15H,2,6,11H2,1,3-5H3. The number of hydrogen-bond donors (Lipinski definition) is 0. The third kappa shape index (κ3) is 5.94. The summed E-state index contributed by atoms with van der Waals surface area (Å²) >= 11 is 6.47. The van der Waals surface area contributed by atoms with Crippen LogP contribution in [0.25, 0.3) is 0 Å². The smallest absolute Gasteiger partial charge is 0.338 e. The molecule has 0 aliphatic heterocycles. The van der Waals surface area contributed by atoms with Crippen LogP contribution in [0, 0.1) is 0 Å². The highest BCUT2D eigenvalue weighted by molar-refractivity contribution is 7.19. The predicted molar refractivity (Wildman–Crippen MR) is 89.8 cm³/mol. The Bertz CT molecular complexity index is 491. The summed E-state index contributed by atoms with van der Waals surface area (Å²) in [5.41, 5.74) is 0.774. The number of ether oxygens (including phenoxy) is 2. The van der Waals surface area contributed by atoms with Gasteiger partial charge in [-0.3, -0.25) is 0 Å². The third-order valence-electron chi connectivity index (χ3n) is 3.30. The first-order valence-corrected chi connectivity index (χ1v) is 11.1. The molecule has 5 heteroatoms. The number of esters is 1. The zero-order valence-electron chi connectivity index (χ0n) is 13.1. The van der Waals surface area contributed by atoms with Crippen LogP contribution in [0.15, 0.2) is 36.4 Å². The van der Waals surface area contributed by atoms with Gasteiger partial charge in [-0.05, 0) is 31.2 Å². The molecule has 1 rings (SSSR count). The first-order valence-electron chi connectivity index (χ1n) is 7.03. The Morgan fingerprint density at radius 2 is 1.81 bits per heavy atom. The lowest BCUT2D eigenvalue weighted by atomic mass is 10.3. The van der Waals surface area contributed by atoms with Crippen LogP contribution < -0.4 is 9.47 Å². The van der Waals surface area contributed by atoms with Crippen LogP contribution in [-0.4, -0.2) is 20.0 Å². The van der Waals surface area contributed by atoms with E-state index >= 15 is 0 Å². The highest BCUT2D eigenvalue weighted by Gasteiger charge is 2.29. The fourth-order valence-corrected chi connectivity index (χ4v) is 3.90. The van der Waals surface area contributed by atoms with E-state index in [2.05, 4.69) is 26.6 Å². The molecule has 116 valence electrons. The van der Waals surface area contributed by atoms with Gasteiger partial charge >= 0.3 is 5.97 Å². The molecule has 0 aliphatic rings. The molecule has 1 aromatic carbocycles. The van der Waals surface area contributed by atoms with Crippen LogP contribution in [0.5, 0.6) is 11.5 Å². The lowest BCUT2D eigenvalue weighted by Crippen LogP contribution is -2.29. The Morgan fingerprint density at radius 3 is 2.24 bits per heavy atom. The van der Waals surface area contributed by atoms with Gasteiger partial charge < -0.3 is 9.47 Å². The summed E-state index contributed by atoms with van der Waals surface area (Å²) in [7, 11) is -1.72. The minimum absolute atomic E-state index is 0.371.